The van der Waals surface area contributed by atoms with Gasteiger partial charge in [0, 0.05) is 36.7 Å². The van der Waals surface area contributed by atoms with E-state index >= 15 is 0 Å². The van der Waals surface area contributed by atoms with Crippen molar-refractivity contribution in [1.29, 1.82) is 0 Å². The zero-order valence-electron chi connectivity index (χ0n) is 22.3. The number of carbonyl (C=O) groups is 2. The molecule has 0 unspecified atom stereocenters. The summed E-state index contributed by atoms with van der Waals surface area (Å²) in [7, 11) is 2.10. The van der Waals surface area contributed by atoms with Crippen LogP contribution < -0.4 is 5.32 Å². The predicted molar refractivity (Wildman–Crippen MR) is 148 cm³/mol. The average Bonchev–Trinajstić information content (AvgIpc) is 2.96. The van der Waals surface area contributed by atoms with Gasteiger partial charge in [0.2, 0.25) is 5.91 Å². The first-order valence-corrected chi connectivity index (χ1v) is 13.2. The summed E-state index contributed by atoms with van der Waals surface area (Å²) in [5, 5.41) is 20.9. The van der Waals surface area contributed by atoms with Crippen molar-refractivity contribution >= 4 is 17.6 Å². The number of nitrogens with zero attached hydrogens (tertiary/aromatic N) is 1. The van der Waals surface area contributed by atoms with E-state index in [1.54, 1.807) is 12.1 Å². The fourth-order valence-corrected chi connectivity index (χ4v) is 4.67. The van der Waals surface area contributed by atoms with E-state index in [0.29, 0.717) is 18.7 Å². The monoisotopic (exact) mass is 532 g/mol. The number of anilines is 1. The van der Waals surface area contributed by atoms with Crippen molar-refractivity contribution in [2.24, 2.45) is 0 Å². The van der Waals surface area contributed by atoms with Crippen LogP contribution in [0.3, 0.4) is 0 Å². The van der Waals surface area contributed by atoms with Crippen LogP contribution in [0, 0.1) is 0 Å². The quantitative estimate of drug-likeness (QED) is 0.311. The molecule has 3 aromatic rings. The summed E-state index contributed by atoms with van der Waals surface area (Å²) in [6, 6.07) is 25.6. The van der Waals surface area contributed by atoms with E-state index in [4.69, 9.17) is 14.6 Å². The third-order valence-electron chi connectivity index (χ3n) is 7.08. The number of carboxylic acid groups (broad SMARTS) is 1. The fourth-order valence-electron chi connectivity index (χ4n) is 4.67. The molecule has 0 radical (unpaired) electrons. The van der Waals surface area contributed by atoms with Crippen LogP contribution in [0.4, 0.5) is 5.69 Å². The molecule has 1 saturated heterocycles. The third-order valence-corrected chi connectivity index (χ3v) is 7.08. The first-order chi connectivity index (χ1) is 18.8. The molecule has 0 aliphatic carbocycles. The summed E-state index contributed by atoms with van der Waals surface area (Å²) in [6.45, 7) is 2.88. The van der Waals surface area contributed by atoms with Crippen molar-refractivity contribution in [2.45, 2.75) is 57.3 Å². The summed E-state index contributed by atoms with van der Waals surface area (Å²) in [4.78, 5) is 25.0. The number of aliphatic carboxylic acids is 1. The molecular weight excluding hydrogens is 496 g/mol. The lowest BCUT2D eigenvalue weighted by Crippen LogP contribution is -2.38. The van der Waals surface area contributed by atoms with E-state index in [9.17, 15) is 14.7 Å². The van der Waals surface area contributed by atoms with Crippen LogP contribution >= 0.6 is 0 Å². The molecule has 1 heterocycles. The molecule has 8 heteroatoms. The zero-order valence-corrected chi connectivity index (χ0v) is 22.3. The molecule has 1 aliphatic rings. The first-order valence-electron chi connectivity index (χ1n) is 13.2. The smallest absolute Gasteiger partial charge is 0.303 e. The van der Waals surface area contributed by atoms with Gasteiger partial charge < -0.3 is 25.0 Å². The molecule has 0 aromatic heterocycles. The summed E-state index contributed by atoms with van der Waals surface area (Å²) < 4.78 is 12.9. The Morgan fingerprint density at radius 2 is 1.62 bits per heavy atom. The van der Waals surface area contributed by atoms with E-state index in [1.165, 1.54) is 5.56 Å². The second kappa shape index (κ2) is 13.5. The minimum absolute atomic E-state index is 0.0124. The van der Waals surface area contributed by atoms with Crippen LogP contribution in [0.2, 0.25) is 0 Å². The summed E-state index contributed by atoms with van der Waals surface area (Å²) in [5.74, 6) is -1.36. The van der Waals surface area contributed by atoms with Gasteiger partial charge in [-0.25, -0.2) is 0 Å². The van der Waals surface area contributed by atoms with E-state index in [0.717, 1.165) is 16.7 Å². The minimum Gasteiger partial charge on any atom is -0.481 e. The number of aliphatic hydroxyl groups is 1. The normalized spacial score (nSPS) is 19.9. The Balaban J connectivity index is 1.49. The maximum atomic E-state index is 12.0. The molecule has 1 fully saturated rings. The highest BCUT2D eigenvalue weighted by Crippen LogP contribution is 2.38. The molecule has 0 bridgehead atoms. The number of carboxylic acids is 1. The van der Waals surface area contributed by atoms with Gasteiger partial charge in [-0.3, -0.25) is 14.5 Å². The highest BCUT2D eigenvalue weighted by molar-refractivity contribution is 5.92. The van der Waals surface area contributed by atoms with Gasteiger partial charge in [0.25, 0.3) is 0 Å². The standard InChI is InChI=1S/C31H36N2O6/c1-21(23-6-4-3-5-7-23)33(2)19-27-18-28(24-10-8-22(20-34)9-11-24)39-31(38-27)25-12-14-26(15-13-25)32-29(35)16-17-30(36)37/h3-15,21,27-28,31,34H,16-20H2,1-2H3,(H,32,35)(H,36,37)/t21-,27-,28+,31+/m0/s1. The zero-order chi connectivity index (χ0) is 27.8. The van der Waals surface area contributed by atoms with Gasteiger partial charge in [0.15, 0.2) is 6.29 Å². The molecule has 1 amide bonds. The second-order valence-corrected chi connectivity index (χ2v) is 9.94. The maximum absolute atomic E-state index is 12.0. The summed E-state index contributed by atoms with van der Waals surface area (Å²) >= 11 is 0. The van der Waals surface area contributed by atoms with Crippen molar-refractivity contribution in [1.82, 2.24) is 4.90 Å². The lowest BCUT2D eigenvalue weighted by molar-refractivity contribution is -0.253. The highest BCUT2D eigenvalue weighted by atomic mass is 16.7. The van der Waals surface area contributed by atoms with E-state index in [2.05, 4.69) is 36.3 Å². The number of aliphatic hydroxyl groups excluding tert-OH is 1. The van der Waals surface area contributed by atoms with Gasteiger partial charge in [0.05, 0.1) is 25.2 Å². The third kappa shape index (κ3) is 7.97. The van der Waals surface area contributed by atoms with Crippen molar-refractivity contribution in [3.63, 3.8) is 0 Å². The summed E-state index contributed by atoms with van der Waals surface area (Å²) in [6.07, 6.45) is -0.524. The molecule has 3 aromatic carbocycles. The van der Waals surface area contributed by atoms with Gasteiger partial charge in [-0.05, 0) is 42.8 Å². The predicted octanol–water partition coefficient (Wildman–Crippen LogP) is 5.22. The number of rotatable bonds is 11. The van der Waals surface area contributed by atoms with Crippen LogP contribution in [-0.2, 0) is 25.7 Å². The Morgan fingerprint density at radius 3 is 2.26 bits per heavy atom. The van der Waals surface area contributed by atoms with E-state index in [-0.39, 0.29) is 43.6 Å². The van der Waals surface area contributed by atoms with Gasteiger partial charge >= 0.3 is 5.97 Å². The Kier molecular flexibility index (Phi) is 9.84. The number of ether oxygens (including phenoxy) is 2. The molecule has 1 aliphatic heterocycles. The highest BCUT2D eigenvalue weighted by Gasteiger charge is 2.33. The molecule has 4 rings (SSSR count). The van der Waals surface area contributed by atoms with Crippen molar-refractivity contribution in [3.8, 4) is 0 Å². The molecule has 0 saturated carbocycles. The average molecular weight is 533 g/mol. The minimum atomic E-state index is -1.01. The largest absolute Gasteiger partial charge is 0.481 e. The maximum Gasteiger partial charge on any atom is 0.303 e. The van der Waals surface area contributed by atoms with Crippen molar-refractivity contribution in [2.75, 3.05) is 18.9 Å². The van der Waals surface area contributed by atoms with Gasteiger partial charge in [-0.1, -0.05) is 66.7 Å². The number of nitrogens with one attached hydrogen (secondary N) is 1. The van der Waals surface area contributed by atoms with Crippen LogP contribution in [0.15, 0.2) is 78.9 Å². The van der Waals surface area contributed by atoms with Crippen molar-refractivity contribution < 1.29 is 29.3 Å². The van der Waals surface area contributed by atoms with E-state index in [1.807, 2.05) is 54.6 Å². The molecule has 39 heavy (non-hydrogen) atoms. The van der Waals surface area contributed by atoms with E-state index < -0.39 is 12.3 Å². The number of hydrogen-bond acceptors (Lipinski definition) is 6. The van der Waals surface area contributed by atoms with Crippen LogP contribution in [0.25, 0.3) is 0 Å². The van der Waals surface area contributed by atoms with Gasteiger partial charge in [0.1, 0.15) is 0 Å². The van der Waals surface area contributed by atoms with Gasteiger partial charge in [-0.2, -0.15) is 0 Å². The second-order valence-electron chi connectivity index (χ2n) is 9.94. The Morgan fingerprint density at radius 1 is 0.949 bits per heavy atom. The Hall–Kier alpha value is -3.56. The molecule has 8 nitrogen and oxygen atoms in total. The van der Waals surface area contributed by atoms with Gasteiger partial charge in [-0.15, -0.1) is 0 Å². The number of amides is 1. The number of carbonyl (C=O) groups excluding carboxylic acids is 1. The van der Waals surface area contributed by atoms with Crippen LogP contribution in [0.5, 0.6) is 0 Å². The number of hydrogen-bond donors (Lipinski definition) is 3. The molecule has 206 valence electrons. The fraction of sp³-hybridized carbons (Fsp3) is 0.355. The van der Waals surface area contributed by atoms with Crippen LogP contribution in [-0.4, -0.2) is 46.7 Å². The molecule has 3 N–H and O–H groups in total. The number of likely N-dealkylation sites (N-methyl/N-ethyl adjacent to an activating group) is 1. The SMILES string of the molecule is C[C@@H](c1ccccc1)N(C)C[C@@H]1C[C@H](c2ccc(CO)cc2)O[C@H](c2ccc(NC(=O)CCC(=O)O)cc2)O1. The lowest BCUT2D eigenvalue weighted by atomic mass is 9.99. The first kappa shape index (κ1) is 28.4. The Labute approximate surface area is 229 Å². The molecule has 0 spiro atoms. The Bertz CT molecular complexity index is 1220. The molecule has 4 atom stereocenters. The van der Waals surface area contributed by atoms with Crippen molar-refractivity contribution in [3.05, 3.63) is 101 Å². The lowest BCUT2D eigenvalue weighted by Gasteiger charge is -2.39. The molecular formula is C31H36N2O6. The number of benzene rings is 3. The summed E-state index contributed by atoms with van der Waals surface area (Å²) in [5.41, 5.74) is 4.50. The van der Waals surface area contributed by atoms with Crippen LogP contribution in [0.1, 0.15) is 66.9 Å². The topological polar surface area (TPSA) is 108 Å².